The molecule has 3 aromatic rings. The van der Waals surface area contributed by atoms with Gasteiger partial charge >= 0.3 is 0 Å². The summed E-state index contributed by atoms with van der Waals surface area (Å²) in [5.41, 5.74) is 3.16. The molecule has 0 saturated carbocycles. The summed E-state index contributed by atoms with van der Waals surface area (Å²) in [4.78, 5) is 39.1. The summed E-state index contributed by atoms with van der Waals surface area (Å²) >= 11 is 0. The summed E-state index contributed by atoms with van der Waals surface area (Å²) in [5, 5.41) is 4.12. The number of carbonyl (C=O) groups is 2. The number of aromatic nitrogens is 4. The van der Waals surface area contributed by atoms with Crippen LogP contribution in [0.3, 0.4) is 0 Å². The molecule has 0 radical (unpaired) electrons. The summed E-state index contributed by atoms with van der Waals surface area (Å²) < 4.78 is 6.94. The van der Waals surface area contributed by atoms with E-state index in [1.165, 1.54) is 0 Å². The number of rotatable bonds is 5. The standard InChI is InChI=1S/C24H26N6O3/c1-15-19-11-21(31)30(13-16-6-4-7-18(10-16)33-3)23(19)27-22(26-15)20-8-5-9-29(20)24(32)17-12-25-28(2)14-17/h4,6-7,10,12,14,20H,5,8-9,11,13H2,1-3H3/t20-/m0/s1. The van der Waals surface area contributed by atoms with E-state index in [1.807, 2.05) is 36.1 Å². The van der Waals surface area contributed by atoms with Gasteiger partial charge in [0.05, 0.1) is 37.9 Å². The average Bonchev–Trinajstić information content (AvgIpc) is 3.54. The minimum Gasteiger partial charge on any atom is -0.497 e. The van der Waals surface area contributed by atoms with Gasteiger partial charge in [0, 0.05) is 31.0 Å². The van der Waals surface area contributed by atoms with Gasteiger partial charge in [0.25, 0.3) is 5.91 Å². The molecule has 1 saturated heterocycles. The average molecular weight is 447 g/mol. The lowest BCUT2D eigenvalue weighted by atomic mass is 10.1. The van der Waals surface area contributed by atoms with Crippen LogP contribution in [-0.2, 0) is 24.8 Å². The van der Waals surface area contributed by atoms with Crippen molar-refractivity contribution >= 4 is 17.6 Å². The molecule has 0 spiro atoms. The molecule has 1 fully saturated rings. The van der Waals surface area contributed by atoms with Gasteiger partial charge in [0.15, 0.2) is 5.82 Å². The number of hydrogen-bond acceptors (Lipinski definition) is 6. The maximum atomic E-state index is 13.1. The molecule has 1 aromatic carbocycles. The topological polar surface area (TPSA) is 93.5 Å². The lowest BCUT2D eigenvalue weighted by Crippen LogP contribution is -2.32. The van der Waals surface area contributed by atoms with E-state index in [2.05, 4.69) is 5.10 Å². The van der Waals surface area contributed by atoms with Crippen molar-refractivity contribution in [2.24, 2.45) is 7.05 Å². The Hall–Kier alpha value is -3.75. The van der Waals surface area contributed by atoms with E-state index in [0.29, 0.717) is 30.3 Å². The molecular formula is C24H26N6O3. The summed E-state index contributed by atoms with van der Waals surface area (Å²) in [6.07, 6.45) is 5.26. The molecule has 2 aromatic heterocycles. The van der Waals surface area contributed by atoms with Crippen molar-refractivity contribution in [1.29, 1.82) is 0 Å². The van der Waals surface area contributed by atoms with Crippen molar-refractivity contribution in [1.82, 2.24) is 24.6 Å². The lowest BCUT2D eigenvalue weighted by molar-refractivity contribution is -0.117. The SMILES string of the molecule is COc1cccc(CN2C(=O)Cc3c(C)nc([C@@H]4CCCN4C(=O)c4cnn(C)c4)nc32)c1. The molecule has 5 rings (SSSR count). The molecular weight excluding hydrogens is 420 g/mol. The van der Waals surface area contributed by atoms with Crippen molar-refractivity contribution in [3.63, 3.8) is 0 Å². The smallest absolute Gasteiger partial charge is 0.257 e. The second-order valence-electron chi connectivity index (χ2n) is 8.54. The number of amides is 2. The van der Waals surface area contributed by atoms with Gasteiger partial charge in [0.2, 0.25) is 5.91 Å². The van der Waals surface area contributed by atoms with Gasteiger partial charge in [-0.1, -0.05) is 12.1 Å². The Labute approximate surface area is 192 Å². The number of likely N-dealkylation sites (tertiary alicyclic amines) is 1. The molecule has 0 N–H and O–H groups in total. The van der Waals surface area contributed by atoms with Crippen LogP contribution in [0.4, 0.5) is 5.82 Å². The second-order valence-corrected chi connectivity index (χ2v) is 8.54. The summed E-state index contributed by atoms with van der Waals surface area (Å²) in [7, 11) is 3.41. The molecule has 1 atom stereocenters. The first-order chi connectivity index (χ1) is 15.9. The Morgan fingerprint density at radius 2 is 2.12 bits per heavy atom. The number of anilines is 1. The molecule has 9 nitrogen and oxygen atoms in total. The van der Waals surface area contributed by atoms with Gasteiger partial charge in [-0.15, -0.1) is 0 Å². The predicted molar refractivity (Wildman–Crippen MR) is 121 cm³/mol. The number of aryl methyl sites for hydroxylation is 2. The highest BCUT2D eigenvalue weighted by Gasteiger charge is 2.37. The monoisotopic (exact) mass is 446 g/mol. The van der Waals surface area contributed by atoms with Crippen molar-refractivity contribution in [2.75, 3.05) is 18.6 Å². The lowest BCUT2D eigenvalue weighted by Gasteiger charge is -2.25. The van der Waals surface area contributed by atoms with Crippen LogP contribution in [0.25, 0.3) is 0 Å². The van der Waals surface area contributed by atoms with E-state index >= 15 is 0 Å². The molecule has 0 unspecified atom stereocenters. The van der Waals surface area contributed by atoms with Gasteiger partial charge < -0.3 is 9.64 Å². The van der Waals surface area contributed by atoms with Crippen molar-refractivity contribution < 1.29 is 14.3 Å². The van der Waals surface area contributed by atoms with Crippen LogP contribution in [0, 0.1) is 6.92 Å². The van der Waals surface area contributed by atoms with Crippen LogP contribution in [0.2, 0.25) is 0 Å². The maximum Gasteiger partial charge on any atom is 0.257 e. The predicted octanol–water partition coefficient (Wildman–Crippen LogP) is 2.59. The Kier molecular flexibility index (Phi) is 5.32. The molecule has 2 aliphatic rings. The van der Waals surface area contributed by atoms with Crippen LogP contribution in [0.1, 0.15) is 51.9 Å². The van der Waals surface area contributed by atoms with E-state index in [1.54, 1.807) is 36.1 Å². The fourth-order valence-electron chi connectivity index (χ4n) is 4.64. The summed E-state index contributed by atoms with van der Waals surface area (Å²) in [6.45, 7) is 2.96. The van der Waals surface area contributed by atoms with Crippen molar-refractivity contribution in [3.05, 3.63) is 64.9 Å². The second kappa shape index (κ2) is 8.31. The third-order valence-electron chi connectivity index (χ3n) is 6.33. The molecule has 9 heteroatoms. The van der Waals surface area contributed by atoms with E-state index in [4.69, 9.17) is 14.7 Å². The fourth-order valence-corrected chi connectivity index (χ4v) is 4.64. The maximum absolute atomic E-state index is 13.1. The molecule has 2 aliphatic heterocycles. The van der Waals surface area contributed by atoms with Crippen LogP contribution >= 0.6 is 0 Å². The molecule has 0 aliphatic carbocycles. The van der Waals surface area contributed by atoms with Crippen LogP contribution in [0.15, 0.2) is 36.7 Å². The Morgan fingerprint density at radius 1 is 1.27 bits per heavy atom. The Morgan fingerprint density at radius 3 is 2.88 bits per heavy atom. The quantitative estimate of drug-likeness (QED) is 0.598. The summed E-state index contributed by atoms with van der Waals surface area (Å²) in [6, 6.07) is 7.45. The molecule has 170 valence electrons. The highest BCUT2D eigenvalue weighted by molar-refractivity contribution is 6.00. The molecule has 4 heterocycles. The number of ether oxygens (including phenoxy) is 1. The van der Waals surface area contributed by atoms with E-state index in [-0.39, 0.29) is 24.3 Å². The number of fused-ring (bicyclic) bond motifs is 1. The normalized spacial score (nSPS) is 17.5. The zero-order valence-electron chi connectivity index (χ0n) is 19.0. The van der Waals surface area contributed by atoms with Gasteiger partial charge in [-0.3, -0.25) is 19.2 Å². The van der Waals surface area contributed by atoms with Gasteiger partial charge in [-0.2, -0.15) is 5.10 Å². The minimum absolute atomic E-state index is 0.00270. The van der Waals surface area contributed by atoms with Crippen molar-refractivity contribution in [2.45, 2.75) is 38.8 Å². The summed E-state index contributed by atoms with van der Waals surface area (Å²) in [5.74, 6) is 1.90. The molecule has 2 amide bonds. The van der Waals surface area contributed by atoms with E-state index in [9.17, 15) is 9.59 Å². The van der Waals surface area contributed by atoms with Gasteiger partial charge in [-0.25, -0.2) is 9.97 Å². The Bertz CT molecular complexity index is 1240. The number of methoxy groups -OCH3 is 1. The number of hydrogen-bond donors (Lipinski definition) is 0. The van der Waals surface area contributed by atoms with E-state index < -0.39 is 0 Å². The van der Waals surface area contributed by atoms with Crippen LogP contribution in [-0.4, -0.2) is 50.1 Å². The third kappa shape index (κ3) is 3.83. The first-order valence-corrected chi connectivity index (χ1v) is 11.0. The third-order valence-corrected chi connectivity index (χ3v) is 6.33. The van der Waals surface area contributed by atoms with Gasteiger partial charge in [0.1, 0.15) is 11.6 Å². The first-order valence-electron chi connectivity index (χ1n) is 11.0. The molecule has 33 heavy (non-hydrogen) atoms. The highest BCUT2D eigenvalue weighted by Crippen LogP contribution is 2.36. The van der Waals surface area contributed by atoms with E-state index in [0.717, 1.165) is 35.4 Å². The fraction of sp³-hybridized carbons (Fsp3) is 0.375. The number of nitrogens with zero attached hydrogens (tertiary/aromatic N) is 6. The van der Waals surface area contributed by atoms with Crippen molar-refractivity contribution in [3.8, 4) is 5.75 Å². The highest BCUT2D eigenvalue weighted by atomic mass is 16.5. The Balaban J connectivity index is 1.46. The van der Waals surface area contributed by atoms with Crippen LogP contribution in [0.5, 0.6) is 5.75 Å². The molecule has 0 bridgehead atoms. The first kappa shape index (κ1) is 21.1. The largest absolute Gasteiger partial charge is 0.497 e. The number of benzene rings is 1. The minimum atomic E-state index is -0.226. The number of carbonyl (C=O) groups excluding carboxylic acids is 2. The van der Waals surface area contributed by atoms with Gasteiger partial charge in [-0.05, 0) is 37.5 Å². The van der Waals surface area contributed by atoms with Crippen LogP contribution < -0.4 is 9.64 Å². The zero-order chi connectivity index (χ0) is 23.1. The zero-order valence-corrected chi connectivity index (χ0v) is 19.0.